The molecule has 1 aromatic heterocycles. The molecule has 14 heavy (non-hydrogen) atoms. The number of hydrogen-bond donors (Lipinski definition) is 2. The van der Waals surface area contributed by atoms with E-state index >= 15 is 0 Å². The monoisotopic (exact) mass is 255 g/mol. The SMILES string of the molecule is N#CCNC(=O)c1nc(Br)cnc1N. The summed E-state index contributed by atoms with van der Waals surface area (Å²) >= 11 is 3.06. The normalized spacial score (nSPS) is 9.14. The van der Waals surface area contributed by atoms with Crippen molar-refractivity contribution < 1.29 is 4.79 Å². The number of nitrogen functional groups attached to an aromatic ring is 1. The molecule has 0 saturated carbocycles. The van der Waals surface area contributed by atoms with E-state index in [0.29, 0.717) is 4.60 Å². The maximum Gasteiger partial charge on any atom is 0.274 e. The second kappa shape index (κ2) is 4.53. The van der Waals surface area contributed by atoms with Gasteiger partial charge in [0.15, 0.2) is 11.5 Å². The number of nitrogens with one attached hydrogen (secondary N) is 1. The van der Waals surface area contributed by atoms with Crippen molar-refractivity contribution in [3.05, 3.63) is 16.5 Å². The number of carbonyl (C=O) groups is 1. The molecule has 0 saturated heterocycles. The largest absolute Gasteiger partial charge is 0.382 e. The average molecular weight is 256 g/mol. The van der Waals surface area contributed by atoms with E-state index in [1.54, 1.807) is 6.07 Å². The molecule has 3 N–H and O–H groups in total. The van der Waals surface area contributed by atoms with Crippen LogP contribution in [0, 0.1) is 11.3 Å². The van der Waals surface area contributed by atoms with Crippen LogP contribution in [0.15, 0.2) is 10.8 Å². The quantitative estimate of drug-likeness (QED) is 0.728. The molecule has 0 fully saturated rings. The van der Waals surface area contributed by atoms with Gasteiger partial charge in [-0.25, -0.2) is 9.97 Å². The van der Waals surface area contributed by atoms with Gasteiger partial charge in [-0.1, -0.05) is 0 Å². The summed E-state index contributed by atoms with van der Waals surface area (Å²) in [6, 6.07) is 1.77. The second-order valence-electron chi connectivity index (χ2n) is 2.27. The lowest BCUT2D eigenvalue weighted by atomic mass is 10.4. The lowest BCUT2D eigenvalue weighted by Crippen LogP contribution is -2.26. The highest BCUT2D eigenvalue weighted by atomic mass is 79.9. The molecule has 7 heteroatoms. The number of amides is 1. The number of anilines is 1. The van der Waals surface area contributed by atoms with Crippen LogP contribution < -0.4 is 11.1 Å². The molecule has 0 aliphatic rings. The van der Waals surface area contributed by atoms with Crippen LogP contribution in [-0.4, -0.2) is 22.4 Å². The molecular formula is C7H6BrN5O. The second-order valence-corrected chi connectivity index (χ2v) is 3.08. The Hall–Kier alpha value is -1.68. The molecule has 0 aromatic carbocycles. The Balaban J connectivity index is 2.90. The molecule has 0 bridgehead atoms. The van der Waals surface area contributed by atoms with Gasteiger partial charge in [-0.15, -0.1) is 0 Å². The first kappa shape index (κ1) is 10.4. The standard InChI is InChI=1S/C7H6BrN5O/c8-4-3-12-6(10)5(13-4)7(14)11-2-1-9/h3H,2H2,(H2,10,12)(H,11,14). The Morgan fingerprint density at radius 2 is 2.50 bits per heavy atom. The Morgan fingerprint density at radius 3 is 3.14 bits per heavy atom. The van der Waals surface area contributed by atoms with Gasteiger partial charge in [0.1, 0.15) is 11.1 Å². The van der Waals surface area contributed by atoms with Gasteiger partial charge in [-0.05, 0) is 15.9 Å². The van der Waals surface area contributed by atoms with Gasteiger partial charge in [-0.2, -0.15) is 5.26 Å². The minimum absolute atomic E-state index is 0.00891. The van der Waals surface area contributed by atoms with Crippen LogP contribution in [0.3, 0.4) is 0 Å². The van der Waals surface area contributed by atoms with Crippen LogP contribution in [0.4, 0.5) is 5.82 Å². The number of nitriles is 1. The van der Waals surface area contributed by atoms with Crippen LogP contribution in [0.5, 0.6) is 0 Å². The number of hydrogen-bond acceptors (Lipinski definition) is 5. The van der Waals surface area contributed by atoms with Crippen molar-refractivity contribution in [2.75, 3.05) is 12.3 Å². The maximum atomic E-state index is 11.3. The third kappa shape index (κ3) is 2.40. The van der Waals surface area contributed by atoms with E-state index in [9.17, 15) is 4.79 Å². The molecule has 0 aliphatic carbocycles. The van der Waals surface area contributed by atoms with Crippen LogP contribution in [0.2, 0.25) is 0 Å². The molecule has 1 rings (SSSR count). The van der Waals surface area contributed by atoms with Gasteiger partial charge in [0, 0.05) is 0 Å². The molecular weight excluding hydrogens is 250 g/mol. The van der Waals surface area contributed by atoms with E-state index in [2.05, 4.69) is 31.2 Å². The van der Waals surface area contributed by atoms with Crippen molar-refractivity contribution >= 4 is 27.7 Å². The number of halogens is 1. The Morgan fingerprint density at radius 1 is 1.79 bits per heavy atom. The van der Waals surface area contributed by atoms with Gasteiger partial charge in [0.05, 0.1) is 12.3 Å². The topological polar surface area (TPSA) is 105 Å². The molecule has 0 aliphatic heterocycles. The summed E-state index contributed by atoms with van der Waals surface area (Å²) in [5.74, 6) is -0.485. The van der Waals surface area contributed by atoms with Gasteiger partial charge in [0.2, 0.25) is 0 Å². The van der Waals surface area contributed by atoms with Crippen molar-refractivity contribution in [1.29, 1.82) is 5.26 Å². The molecule has 6 nitrogen and oxygen atoms in total. The van der Waals surface area contributed by atoms with E-state index < -0.39 is 5.91 Å². The third-order valence-corrected chi connectivity index (χ3v) is 1.70. The van der Waals surface area contributed by atoms with Crippen molar-refractivity contribution in [2.24, 2.45) is 0 Å². The third-order valence-electron chi connectivity index (χ3n) is 1.31. The Labute approximate surface area is 88.3 Å². The van der Waals surface area contributed by atoms with E-state index in [1.807, 2.05) is 0 Å². The highest BCUT2D eigenvalue weighted by Crippen LogP contribution is 2.09. The number of aromatic nitrogens is 2. The predicted molar refractivity (Wildman–Crippen MR) is 52.1 cm³/mol. The maximum absolute atomic E-state index is 11.3. The summed E-state index contributed by atoms with van der Waals surface area (Å²) in [6.45, 7) is -0.0908. The van der Waals surface area contributed by atoms with Crippen LogP contribution in [0.25, 0.3) is 0 Å². The van der Waals surface area contributed by atoms with Gasteiger partial charge >= 0.3 is 0 Å². The number of nitrogens with zero attached hydrogens (tertiary/aromatic N) is 3. The molecule has 72 valence electrons. The summed E-state index contributed by atoms with van der Waals surface area (Å²) < 4.78 is 0.411. The van der Waals surface area contributed by atoms with Gasteiger partial charge in [-0.3, -0.25) is 4.79 Å². The Bertz CT molecular complexity index is 400. The first-order valence-corrected chi connectivity index (χ1v) is 4.37. The molecule has 0 spiro atoms. The summed E-state index contributed by atoms with van der Waals surface area (Å²) in [7, 11) is 0. The van der Waals surface area contributed by atoms with Crippen molar-refractivity contribution in [1.82, 2.24) is 15.3 Å². The van der Waals surface area contributed by atoms with Crippen molar-refractivity contribution in [2.45, 2.75) is 0 Å². The predicted octanol–water partition coefficient (Wildman–Crippen LogP) is 0.0747. The van der Waals surface area contributed by atoms with Gasteiger partial charge in [0.25, 0.3) is 5.91 Å². The molecule has 1 heterocycles. The van der Waals surface area contributed by atoms with E-state index in [1.165, 1.54) is 6.20 Å². The Kier molecular flexibility index (Phi) is 3.36. The zero-order valence-corrected chi connectivity index (χ0v) is 8.58. The first-order chi connectivity index (χ1) is 6.65. The van der Waals surface area contributed by atoms with Crippen LogP contribution in [0.1, 0.15) is 10.5 Å². The van der Waals surface area contributed by atoms with Crippen molar-refractivity contribution in [3.63, 3.8) is 0 Å². The minimum Gasteiger partial charge on any atom is -0.382 e. The summed E-state index contributed by atoms with van der Waals surface area (Å²) in [6.07, 6.45) is 1.39. The zero-order chi connectivity index (χ0) is 10.6. The molecule has 0 radical (unpaired) electrons. The molecule has 1 amide bonds. The molecule has 1 aromatic rings. The average Bonchev–Trinajstić information content (AvgIpc) is 2.18. The fourth-order valence-corrected chi connectivity index (χ4v) is 1.03. The highest BCUT2D eigenvalue weighted by Gasteiger charge is 2.12. The van der Waals surface area contributed by atoms with E-state index in [0.717, 1.165) is 0 Å². The molecule has 0 unspecified atom stereocenters. The van der Waals surface area contributed by atoms with E-state index in [4.69, 9.17) is 11.0 Å². The zero-order valence-electron chi connectivity index (χ0n) is 6.99. The van der Waals surface area contributed by atoms with Crippen molar-refractivity contribution in [3.8, 4) is 6.07 Å². The lowest BCUT2D eigenvalue weighted by Gasteiger charge is -2.02. The molecule has 0 atom stereocenters. The number of nitrogens with two attached hydrogens (primary N) is 1. The summed E-state index contributed by atoms with van der Waals surface area (Å²) in [5.41, 5.74) is 5.43. The minimum atomic E-state index is -0.516. The van der Waals surface area contributed by atoms with Crippen LogP contribution >= 0.6 is 15.9 Å². The van der Waals surface area contributed by atoms with E-state index in [-0.39, 0.29) is 18.1 Å². The number of carbonyl (C=O) groups excluding carboxylic acids is 1. The summed E-state index contributed by atoms with van der Waals surface area (Å²) in [5, 5.41) is 10.6. The highest BCUT2D eigenvalue weighted by molar-refractivity contribution is 9.10. The van der Waals surface area contributed by atoms with Gasteiger partial charge < -0.3 is 11.1 Å². The smallest absolute Gasteiger partial charge is 0.274 e. The first-order valence-electron chi connectivity index (χ1n) is 3.58. The fraction of sp³-hybridized carbons (Fsp3) is 0.143. The summed E-state index contributed by atoms with van der Waals surface area (Å²) in [4.78, 5) is 18.9. The fourth-order valence-electron chi connectivity index (χ4n) is 0.748. The number of rotatable bonds is 2. The lowest BCUT2D eigenvalue weighted by molar-refractivity contribution is 0.0954. The van der Waals surface area contributed by atoms with Crippen LogP contribution in [-0.2, 0) is 0 Å².